The molecule has 112 valence electrons. The average molecular weight is 295 g/mol. The number of rotatable bonds is 2. The summed E-state index contributed by atoms with van der Waals surface area (Å²) in [5.41, 5.74) is 8.69. The first-order valence-corrected chi connectivity index (χ1v) is 6.43. The molecular formula is C16H16F3NO. The molecule has 0 aliphatic heterocycles. The van der Waals surface area contributed by atoms with E-state index < -0.39 is 17.5 Å². The highest BCUT2D eigenvalue weighted by Gasteiger charge is 2.34. The summed E-state index contributed by atoms with van der Waals surface area (Å²) in [6.45, 7) is 3.76. The standard InChI is InChI=1S/C16H16F3NO/c1-9-5-12(20)6-10(2)13(9)7-11-3-4-15(21)14(8-11)16(17,18)19/h3-6,8,21H,7,20H2,1-2H3. The summed E-state index contributed by atoms with van der Waals surface area (Å²) in [7, 11) is 0. The Hall–Kier alpha value is -2.17. The molecule has 3 N–H and O–H groups in total. The zero-order chi connectivity index (χ0) is 15.8. The second-order valence-electron chi connectivity index (χ2n) is 5.16. The number of phenols is 1. The fraction of sp³-hybridized carbons (Fsp3) is 0.250. The van der Waals surface area contributed by atoms with Gasteiger partial charge in [-0.25, -0.2) is 0 Å². The van der Waals surface area contributed by atoms with Crippen molar-refractivity contribution in [3.05, 3.63) is 58.1 Å². The van der Waals surface area contributed by atoms with Gasteiger partial charge in [0, 0.05) is 5.69 Å². The molecule has 0 fully saturated rings. The minimum atomic E-state index is -4.56. The van der Waals surface area contributed by atoms with Gasteiger partial charge in [0.05, 0.1) is 5.56 Å². The lowest BCUT2D eigenvalue weighted by Gasteiger charge is -2.14. The van der Waals surface area contributed by atoms with Crippen LogP contribution in [0, 0.1) is 13.8 Å². The molecule has 0 amide bonds. The zero-order valence-electron chi connectivity index (χ0n) is 11.8. The highest BCUT2D eigenvalue weighted by atomic mass is 19.4. The van der Waals surface area contributed by atoms with Crippen LogP contribution in [-0.4, -0.2) is 5.11 Å². The third kappa shape index (κ3) is 3.29. The second-order valence-corrected chi connectivity index (χ2v) is 5.16. The monoisotopic (exact) mass is 295 g/mol. The quantitative estimate of drug-likeness (QED) is 0.816. The summed E-state index contributed by atoms with van der Waals surface area (Å²) in [5.74, 6) is -0.753. The van der Waals surface area contributed by atoms with Crippen LogP contribution in [0.15, 0.2) is 30.3 Å². The first-order chi connectivity index (χ1) is 9.68. The van der Waals surface area contributed by atoms with Gasteiger partial charge in [0.25, 0.3) is 0 Å². The summed E-state index contributed by atoms with van der Waals surface area (Å²) in [4.78, 5) is 0. The van der Waals surface area contributed by atoms with Crippen LogP contribution in [-0.2, 0) is 12.6 Å². The first kappa shape index (κ1) is 15.2. The lowest BCUT2D eigenvalue weighted by atomic mass is 9.94. The van der Waals surface area contributed by atoms with Crippen LogP contribution in [0.5, 0.6) is 5.75 Å². The van der Waals surface area contributed by atoms with E-state index in [1.807, 2.05) is 13.8 Å². The molecule has 5 heteroatoms. The van der Waals surface area contributed by atoms with E-state index in [1.165, 1.54) is 6.07 Å². The molecule has 0 bridgehead atoms. The van der Waals surface area contributed by atoms with E-state index in [2.05, 4.69) is 0 Å². The van der Waals surface area contributed by atoms with Gasteiger partial charge in [-0.2, -0.15) is 13.2 Å². The van der Waals surface area contributed by atoms with E-state index in [4.69, 9.17) is 5.73 Å². The zero-order valence-corrected chi connectivity index (χ0v) is 11.8. The van der Waals surface area contributed by atoms with E-state index in [-0.39, 0.29) is 0 Å². The highest BCUT2D eigenvalue weighted by molar-refractivity contribution is 5.50. The third-order valence-corrected chi connectivity index (χ3v) is 3.47. The predicted molar refractivity (Wildman–Crippen MR) is 76.2 cm³/mol. The van der Waals surface area contributed by atoms with Crippen molar-refractivity contribution in [2.75, 3.05) is 5.73 Å². The van der Waals surface area contributed by atoms with Crippen molar-refractivity contribution in [1.82, 2.24) is 0 Å². The molecule has 0 spiro atoms. The number of aromatic hydroxyl groups is 1. The van der Waals surface area contributed by atoms with Crippen molar-refractivity contribution in [2.45, 2.75) is 26.4 Å². The van der Waals surface area contributed by atoms with E-state index in [1.54, 1.807) is 12.1 Å². The Morgan fingerprint density at radius 2 is 1.62 bits per heavy atom. The van der Waals surface area contributed by atoms with E-state index in [0.29, 0.717) is 17.7 Å². The molecule has 0 atom stereocenters. The van der Waals surface area contributed by atoms with Gasteiger partial charge in [-0.1, -0.05) is 6.07 Å². The Balaban J connectivity index is 2.42. The van der Waals surface area contributed by atoms with Crippen LogP contribution in [0.4, 0.5) is 18.9 Å². The van der Waals surface area contributed by atoms with E-state index in [0.717, 1.165) is 28.8 Å². The van der Waals surface area contributed by atoms with Gasteiger partial charge in [-0.15, -0.1) is 0 Å². The summed E-state index contributed by atoms with van der Waals surface area (Å²) < 4.78 is 38.4. The first-order valence-electron chi connectivity index (χ1n) is 6.43. The van der Waals surface area contributed by atoms with Gasteiger partial charge in [0.2, 0.25) is 0 Å². The van der Waals surface area contributed by atoms with Gasteiger partial charge < -0.3 is 10.8 Å². The van der Waals surface area contributed by atoms with Gasteiger partial charge in [0.1, 0.15) is 5.75 Å². The third-order valence-electron chi connectivity index (χ3n) is 3.47. The summed E-state index contributed by atoms with van der Waals surface area (Å²) in [6.07, 6.45) is -4.20. The predicted octanol–water partition coefficient (Wildman–Crippen LogP) is 4.20. The number of hydrogen-bond donors (Lipinski definition) is 2. The highest BCUT2D eigenvalue weighted by Crippen LogP contribution is 2.36. The number of nitrogens with two attached hydrogens (primary N) is 1. The molecule has 0 heterocycles. The maximum atomic E-state index is 12.8. The van der Waals surface area contributed by atoms with Gasteiger partial charge >= 0.3 is 6.18 Å². The van der Waals surface area contributed by atoms with Crippen LogP contribution in [0.1, 0.15) is 27.8 Å². The Kier molecular flexibility index (Phi) is 3.85. The molecule has 0 saturated carbocycles. The number of alkyl halides is 3. The molecule has 0 aliphatic carbocycles. The van der Waals surface area contributed by atoms with Crippen LogP contribution < -0.4 is 5.73 Å². The number of nitrogen functional groups attached to an aromatic ring is 1. The van der Waals surface area contributed by atoms with Crippen molar-refractivity contribution in [3.8, 4) is 5.75 Å². The number of benzene rings is 2. The smallest absolute Gasteiger partial charge is 0.419 e. The number of hydrogen-bond acceptors (Lipinski definition) is 2. The van der Waals surface area contributed by atoms with E-state index >= 15 is 0 Å². The molecule has 2 aromatic carbocycles. The van der Waals surface area contributed by atoms with Crippen molar-refractivity contribution in [3.63, 3.8) is 0 Å². The summed E-state index contributed by atoms with van der Waals surface area (Å²) in [5, 5.41) is 9.35. The van der Waals surface area contributed by atoms with Crippen molar-refractivity contribution >= 4 is 5.69 Å². The lowest BCUT2D eigenvalue weighted by Crippen LogP contribution is -2.06. The van der Waals surface area contributed by atoms with Gasteiger partial charge in [0.15, 0.2) is 0 Å². The molecule has 21 heavy (non-hydrogen) atoms. The maximum Gasteiger partial charge on any atom is 0.419 e. The Morgan fingerprint density at radius 1 is 1.05 bits per heavy atom. The molecule has 0 aliphatic rings. The molecular weight excluding hydrogens is 279 g/mol. The summed E-state index contributed by atoms with van der Waals surface area (Å²) >= 11 is 0. The topological polar surface area (TPSA) is 46.2 Å². The van der Waals surface area contributed by atoms with Crippen LogP contribution >= 0.6 is 0 Å². The fourth-order valence-electron chi connectivity index (χ4n) is 2.43. The molecule has 0 aromatic heterocycles. The minimum absolute atomic E-state index is 0.362. The SMILES string of the molecule is Cc1cc(N)cc(C)c1Cc1ccc(O)c(C(F)(F)F)c1. The molecule has 0 saturated heterocycles. The molecule has 0 radical (unpaired) electrons. The Bertz CT molecular complexity index is 655. The average Bonchev–Trinajstić information content (AvgIpc) is 2.34. The largest absolute Gasteiger partial charge is 0.507 e. The van der Waals surface area contributed by atoms with Crippen LogP contribution in [0.25, 0.3) is 0 Å². The van der Waals surface area contributed by atoms with Gasteiger partial charge in [-0.3, -0.25) is 0 Å². The molecule has 2 aromatic rings. The van der Waals surface area contributed by atoms with E-state index in [9.17, 15) is 18.3 Å². The number of aryl methyl sites for hydroxylation is 2. The minimum Gasteiger partial charge on any atom is -0.507 e. The lowest BCUT2D eigenvalue weighted by molar-refractivity contribution is -0.138. The molecule has 2 nitrogen and oxygen atoms in total. The number of anilines is 1. The van der Waals surface area contributed by atoms with Crippen molar-refractivity contribution < 1.29 is 18.3 Å². The normalized spacial score (nSPS) is 11.7. The fourth-order valence-corrected chi connectivity index (χ4v) is 2.43. The van der Waals surface area contributed by atoms with Crippen molar-refractivity contribution in [2.24, 2.45) is 0 Å². The number of halogens is 3. The second kappa shape index (κ2) is 5.31. The Morgan fingerprint density at radius 3 is 2.14 bits per heavy atom. The van der Waals surface area contributed by atoms with Crippen LogP contribution in [0.2, 0.25) is 0 Å². The number of phenolic OH excluding ortho intramolecular Hbond substituents is 1. The van der Waals surface area contributed by atoms with Crippen molar-refractivity contribution in [1.29, 1.82) is 0 Å². The maximum absolute atomic E-state index is 12.8. The summed E-state index contributed by atoms with van der Waals surface area (Å²) in [6, 6.07) is 7.17. The van der Waals surface area contributed by atoms with Crippen LogP contribution in [0.3, 0.4) is 0 Å². The molecule has 2 rings (SSSR count). The molecule has 0 unspecified atom stereocenters. The van der Waals surface area contributed by atoms with Gasteiger partial charge in [-0.05, 0) is 66.8 Å². The Labute approximate surface area is 121 Å².